The topological polar surface area (TPSA) is 55.8 Å². The van der Waals surface area contributed by atoms with Crippen LogP contribution in [0.1, 0.15) is 33.2 Å². The largest absolute Gasteiger partial charge is 0.489 e. The van der Waals surface area contributed by atoms with Crippen LogP contribution in [0.2, 0.25) is 0 Å². The summed E-state index contributed by atoms with van der Waals surface area (Å²) in [6, 6.07) is 10.4. The molecule has 0 bridgehead atoms. The van der Waals surface area contributed by atoms with E-state index in [9.17, 15) is 14.0 Å². The number of methoxy groups -OCH3 is 1. The molecule has 6 heteroatoms. The molecule has 0 aliphatic carbocycles. The van der Waals surface area contributed by atoms with Crippen LogP contribution in [0.4, 0.5) is 4.39 Å². The minimum Gasteiger partial charge on any atom is -0.489 e. The molecule has 1 aliphatic rings. The average Bonchev–Trinajstić information content (AvgIpc) is 2.85. The summed E-state index contributed by atoms with van der Waals surface area (Å²) >= 11 is 0. The van der Waals surface area contributed by atoms with Gasteiger partial charge in [-0.2, -0.15) is 0 Å². The Labute approximate surface area is 145 Å². The zero-order valence-electron chi connectivity index (χ0n) is 14.0. The Balaban J connectivity index is 1.76. The lowest BCUT2D eigenvalue weighted by molar-refractivity contribution is 0.0497. The zero-order chi connectivity index (χ0) is 18.0. The number of nitrogens with zero attached hydrogens (tertiary/aromatic N) is 1. The Bertz CT molecular complexity index is 804. The van der Waals surface area contributed by atoms with Gasteiger partial charge in [0.15, 0.2) is 0 Å². The van der Waals surface area contributed by atoms with Crippen molar-refractivity contribution >= 4 is 11.8 Å². The number of carbonyl (C=O) groups excluding carboxylic acids is 2. The molecule has 0 fully saturated rings. The number of amides is 2. The lowest BCUT2D eigenvalue weighted by Gasteiger charge is -2.21. The van der Waals surface area contributed by atoms with Gasteiger partial charge in [0, 0.05) is 7.11 Å². The minimum atomic E-state index is -0.350. The molecule has 25 heavy (non-hydrogen) atoms. The van der Waals surface area contributed by atoms with E-state index in [1.807, 2.05) is 0 Å². The molecule has 0 aromatic heterocycles. The maximum Gasteiger partial charge on any atom is 0.262 e. The van der Waals surface area contributed by atoms with Gasteiger partial charge >= 0.3 is 0 Å². The van der Waals surface area contributed by atoms with Crippen molar-refractivity contribution in [1.29, 1.82) is 0 Å². The average molecular weight is 343 g/mol. The molecule has 2 amide bonds. The van der Waals surface area contributed by atoms with Crippen molar-refractivity contribution in [2.75, 3.05) is 13.7 Å². The third kappa shape index (κ3) is 3.39. The molecule has 0 N–H and O–H groups in total. The fourth-order valence-corrected chi connectivity index (χ4v) is 2.79. The van der Waals surface area contributed by atoms with Gasteiger partial charge in [-0.05, 0) is 42.8 Å². The molecule has 3 rings (SSSR count). The molecule has 1 aliphatic heterocycles. The monoisotopic (exact) mass is 343 g/mol. The SMILES string of the molecule is COCC(C)N1C(=O)c2ccc(OCc3ccc(F)cc3)cc2C1=O. The fourth-order valence-electron chi connectivity index (χ4n) is 2.79. The predicted molar refractivity (Wildman–Crippen MR) is 89.0 cm³/mol. The quantitative estimate of drug-likeness (QED) is 0.757. The summed E-state index contributed by atoms with van der Waals surface area (Å²) in [6.45, 7) is 2.28. The van der Waals surface area contributed by atoms with E-state index < -0.39 is 0 Å². The van der Waals surface area contributed by atoms with Crippen molar-refractivity contribution in [2.24, 2.45) is 0 Å². The molecule has 0 radical (unpaired) electrons. The summed E-state index contributed by atoms with van der Waals surface area (Å²) in [7, 11) is 1.52. The third-order valence-electron chi connectivity index (χ3n) is 4.06. The standard InChI is InChI=1S/C19H18FNO4/c1-12(10-24-2)21-18(22)16-8-7-15(9-17(16)19(21)23)25-11-13-3-5-14(20)6-4-13/h3-9,12H,10-11H2,1-2H3. The Kier molecular flexibility index (Phi) is 4.81. The highest BCUT2D eigenvalue weighted by molar-refractivity contribution is 6.21. The summed E-state index contributed by atoms with van der Waals surface area (Å²) in [6.07, 6.45) is 0. The number of hydrogen-bond acceptors (Lipinski definition) is 4. The van der Waals surface area contributed by atoms with Crippen molar-refractivity contribution in [2.45, 2.75) is 19.6 Å². The second-order valence-electron chi connectivity index (χ2n) is 5.91. The first-order chi connectivity index (χ1) is 12.0. The van der Waals surface area contributed by atoms with Gasteiger partial charge in [0.05, 0.1) is 23.8 Å². The van der Waals surface area contributed by atoms with Crippen LogP contribution in [0.3, 0.4) is 0 Å². The zero-order valence-corrected chi connectivity index (χ0v) is 14.0. The van der Waals surface area contributed by atoms with Crippen molar-refractivity contribution in [3.63, 3.8) is 0 Å². The molecule has 2 aromatic rings. The Morgan fingerprint density at radius 3 is 2.40 bits per heavy atom. The van der Waals surface area contributed by atoms with Gasteiger partial charge < -0.3 is 9.47 Å². The molecule has 1 unspecified atom stereocenters. The first-order valence-corrected chi connectivity index (χ1v) is 7.89. The molecule has 1 atom stereocenters. The number of rotatable bonds is 6. The highest BCUT2D eigenvalue weighted by Crippen LogP contribution is 2.28. The smallest absolute Gasteiger partial charge is 0.262 e. The van der Waals surface area contributed by atoms with Crippen molar-refractivity contribution in [1.82, 2.24) is 4.90 Å². The second-order valence-corrected chi connectivity index (χ2v) is 5.91. The summed E-state index contributed by atoms with van der Waals surface area (Å²) in [5, 5.41) is 0. The maximum atomic E-state index is 12.9. The van der Waals surface area contributed by atoms with E-state index in [1.54, 1.807) is 37.3 Å². The van der Waals surface area contributed by atoms with Crippen LogP contribution in [0.15, 0.2) is 42.5 Å². The van der Waals surface area contributed by atoms with Gasteiger partial charge in [-0.3, -0.25) is 14.5 Å². The highest BCUT2D eigenvalue weighted by atomic mass is 19.1. The number of fused-ring (bicyclic) bond motifs is 1. The molecule has 1 heterocycles. The number of halogens is 1. The van der Waals surface area contributed by atoms with Crippen molar-refractivity contribution in [3.8, 4) is 5.75 Å². The van der Waals surface area contributed by atoms with Gasteiger partial charge in [-0.1, -0.05) is 12.1 Å². The molecule has 0 spiro atoms. The van der Waals surface area contributed by atoms with Gasteiger partial charge in [0.2, 0.25) is 0 Å². The van der Waals surface area contributed by atoms with E-state index in [4.69, 9.17) is 9.47 Å². The number of carbonyl (C=O) groups is 2. The van der Waals surface area contributed by atoms with Gasteiger partial charge in [-0.25, -0.2) is 4.39 Å². The Morgan fingerprint density at radius 2 is 1.72 bits per heavy atom. The van der Waals surface area contributed by atoms with E-state index in [1.165, 1.54) is 24.1 Å². The summed E-state index contributed by atoms with van der Waals surface area (Å²) in [5.74, 6) is -0.507. The first-order valence-electron chi connectivity index (χ1n) is 7.89. The van der Waals surface area contributed by atoms with E-state index >= 15 is 0 Å². The van der Waals surface area contributed by atoms with Crippen LogP contribution in [-0.2, 0) is 11.3 Å². The number of ether oxygens (including phenoxy) is 2. The molecular weight excluding hydrogens is 325 g/mol. The van der Waals surface area contributed by atoms with Crippen molar-refractivity contribution in [3.05, 3.63) is 65.0 Å². The Hall–Kier alpha value is -2.73. The van der Waals surface area contributed by atoms with Crippen LogP contribution in [-0.4, -0.2) is 36.5 Å². The summed E-state index contributed by atoms with van der Waals surface area (Å²) in [4.78, 5) is 26.2. The molecule has 2 aromatic carbocycles. The second kappa shape index (κ2) is 7.03. The summed E-state index contributed by atoms with van der Waals surface area (Å²) < 4.78 is 23.6. The molecule has 130 valence electrons. The van der Waals surface area contributed by atoms with Gasteiger partial charge in [0.25, 0.3) is 11.8 Å². The van der Waals surface area contributed by atoms with Crippen LogP contribution in [0.5, 0.6) is 5.75 Å². The third-order valence-corrected chi connectivity index (χ3v) is 4.06. The van der Waals surface area contributed by atoms with Crippen LogP contribution in [0, 0.1) is 5.82 Å². The predicted octanol–water partition coefficient (Wildman–Crippen LogP) is 3.04. The fraction of sp³-hybridized carbons (Fsp3) is 0.263. The van der Waals surface area contributed by atoms with Crippen molar-refractivity contribution < 1.29 is 23.5 Å². The molecule has 5 nitrogen and oxygen atoms in total. The van der Waals surface area contributed by atoms with Gasteiger partial charge in [-0.15, -0.1) is 0 Å². The van der Waals surface area contributed by atoms with E-state index in [0.29, 0.717) is 16.9 Å². The van der Waals surface area contributed by atoms with Crippen LogP contribution in [0.25, 0.3) is 0 Å². The molecule has 0 saturated carbocycles. The number of imide groups is 1. The van der Waals surface area contributed by atoms with Crippen LogP contribution < -0.4 is 4.74 Å². The molecular formula is C19H18FNO4. The first kappa shape index (κ1) is 17.1. The maximum absolute atomic E-state index is 12.9. The van der Waals surface area contributed by atoms with E-state index in [2.05, 4.69) is 0 Å². The van der Waals surface area contributed by atoms with Crippen LogP contribution >= 0.6 is 0 Å². The lowest BCUT2D eigenvalue weighted by atomic mass is 10.1. The van der Waals surface area contributed by atoms with E-state index in [-0.39, 0.29) is 36.9 Å². The normalized spacial score (nSPS) is 14.6. The number of hydrogen-bond donors (Lipinski definition) is 0. The molecule has 0 saturated heterocycles. The minimum absolute atomic E-state index is 0.241. The lowest BCUT2D eigenvalue weighted by Crippen LogP contribution is -2.40. The highest BCUT2D eigenvalue weighted by Gasteiger charge is 2.38. The van der Waals surface area contributed by atoms with E-state index in [0.717, 1.165) is 5.56 Å². The van der Waals surface area contributed by atoms with Gasteiger partial charge in [0.1, 0.15) is 18.2 Å². The number of benzene rings is 2. The Morgan fingerprint density at radius 1 is 1.04 bits per heavy atom. The summed E-state index contributed by atoms with van der Waals surface area (Å²) in [5.41, 5.74) is 1.49.